The first-order chi connectivity index (χ1) is 19.8. The van der Waals surface area contributed by atoms with Crippen LogP contribution < -0.4 is 10.6 Å². The Hall–Kier alpha value is -5.04. The van der Waals surface area contributed by atoms with Crippen LogP contribution in [0, 0.1) is 25.6 Å². The van der Waals surface area contributed by atoms with Crippen molar-refractivity contribution in [3.8, 4) is 22.6 Å². The van der Waals surface area contributed by atoms with Crippen LogP contribution in [0.2, 0.25) is 0 Å². The van der Waals surface area contributed by atoms with Gasteiger partial charge in [-0.25, -0.2) is 24.3 Å². The zero-order chi connectivity index (χ0) is 28.9. The van der Waals surface area contributed by atoms with Gasteiger partial charge in [-0.05, 0) is 55.2 Å². The van der Waals surface area contributed by atoms with E-state index in [1.54, 1.807) is 57.6 Å². The number of carbonyl (C=O) groups excluding carboxylic acids is 1. The molecule has 10 nitrogen and oxygen atoms in total. The maximum atomic E-state index is 15.0. The second-order valence-corrected chi connectivity index (χ2v) is 9.74. The molecular weight excluding hydrogens is 548 g/mol. The topological polar surface area (TPSA) is 131 Å². The van der Waals surface area contributed by atoms with Crippen molar-refractivity contribution in [3.05, 3.63) is 94.1 Å². The van der Waals surface area contributed by atoms with Gasteiger partial charge in [0, 0.05) is 66.8 Å². The molecule has 0 aliphatic carbocycles. The largest absolute Gasteiger partial charge is 0.346 e. The first-order valence-corrected chi connectivity index (χ1v) is 13.1. The van der Waals surface area contributed by atoms with Crippen molar-refractivity contribution in [2.24, 2.45) is 4.99 Å². The van der Waals surface area contributed by atoms with E-state index in [4.69, 9.17) is 0 Å². The van der Waals surface area contributed by atoms with Gasteiger partial charge >= 0.3 is 0 Å². The minimum absolute atomic E-state index is 0.105. The lowest BCUT2D eigenvalue weighted by molar-refractivity contribution is 0.0941. The van der Waals surface area contributed by atoms with Crippen LogP contribution in [-0.2, 0) is 6.54 Å². The smallest absolute Gasteiger partial charge is 0.273 e. The number of carbonyl (C=O) groups is 1. The zero-order valence-corrected chi connectivity index (χ0v) is 23.0. The van der Waals surface area contributed by atoms with Crippen molar-refractivity contribution in [2.45, 2.75) is 20.4 Å². The van der Waals surface area contributed by atoms with Crippen LogP contribution >= 0.6 is 11.5 Å². The van der Waals surface area contributed by atoms with Crippen molar-refractivity contribution >= 4 is 35.3 Å². The van der Waals surface area contributed by atoms with E-state index in [0.717, 1.165) is 4.88 Å². The van der Waals surface area contributed by atoms with Gasteiger partial charge in [0.1, 0.15) is 11.6 Å². The molecule has 0 aliphatic heterocycles. The number of aryl methyl sites for hydroxylation is 2. The normalized spacial score (nSPS) is 11.1. The van der Waals surface area contributed by atoms with Gasteiger partial charge in [-0.1, -0.05) is 6.07 Å². The number of nitrogens with one attached hydrogen (secondary N) is 2. The average molecular weight is 572 g/mol. The van der Waals surface area contributed by atoms with E-state index in [1.807, 2.05) is 6.07 Å². The van der Waals surface area contributed by atoms with E-state index in [-0.39, 0.29) is 18.1 Å². The lowest BCUT2D eigenvalue weighted by Gasteiger charge is -2.09. The molecule has 13 heteroatoms. The third-order valence-corrected chi connectivity index (χ3v) is 6.54. The first-order valence-electron chi connectivity index (χ1n) is 12.3. The summed E-state index contributed by atoms with van der Waals surface area (Å²) in [6, 6.07) is 11.1. The molecule has 0 aromatic carbocycles. The van der Waals surface area contributed by atoms with Gasteiger partial charge in [0.25, 0.3) is 5.91 Å². The minimum atomic E-state index is -0.810. The molecular formula is C28H23F2N9OS. The monoisotopic (exact) mass is 571 g/mol. The molecule has 0 fully saturated rings. The Balaban J connectivity index is 1.26. The van der Waals surface area contributed by atoms with Crippen molar-refractivity contribution < 1.29 is 13.6 Å². The van der Waals surface area contributed by atoms with Crippen LogP contribution in [0.15, 0.2) is 59.9 Å². The Morgan fingerprint density at radius 1 is 1.00 bits per heavy atom. The van der Waals surface area contributed by atoms with Gasteiger partial charge in [-0.3, -0.25) is 14.8 Å². The Morgan fingerprint density at radius 2 is 1.85 bits per heavy atom. The molecule has 5 rings (SSSR count). The molecule has 5 aromatic rings. The summed E-state index contributed by atoms with van der Waals surface area (Å²) in [7, 11) is 1.68. The summed E-state index contributed by atoms with van der Waals surface area (Å²) in [5.41, 5.74) is 3.13. The SMILES string of the molecule is C/N=C\c1cc(Nc2cc(C)nc(-c3cnc(C(=O)NCc4ccc(-c5ccc(F)nc5C)nc4)c(F)c3)n2)ns1. The second kappa shape index (κ2) is 12.0. The van der Waals surface area contributed by atoms with Crippen molar-refractivity contribution in [3.63, 3.8) is 0 Å². The molecule has 41 heavy (non-hydrogen) atoms. The molecule has 5 heterocycles. The number of anilines is 2. The Bertz CT molecular complexity index is 1760. The number of rotatable bonds is 8. The predicted molar refractivity (Wildman–Crippen MR) is 152 cm³/mol. The summed E-state index contributed by atoms with van der Waals surface area (Å²) in [5.74, 6) is -0.733. The second-order valence-electron chi connectivity index (χ2n) is 8.90. The number of hydrogen-bond acceptors (Lipinski definition) is 10. The number of halogens is 2. The van der Waals surface area contributed by atoms with Crippen molar-refractivity contribution in [1.82, 2.24) is 34.6 Å². The van der Waals surface area contributed by atoms with Gasteiger partial charge < -0.3 is 10.6 Å². The van der Waals surface area contributed by atoms with Gasteiger partial charge in [0.15, 0.2) is 17.3 Å². The Morgan fingerprint density at radius 3 is 2.59 bits per heavy atom. The van der Waals surface area contributed by atoms with Crippen LogP contribution in [0.4, 0.5) is 20.4 Å². The number of aromatic nitrogens is 6. The van der Waals surface area contributed by atoms with Crippen molar-refractivity contribution in [1.29, 1.82) is 0 Å². The fourth-order valence-electron chi connectivity index (χ4n) is 3.91. The van der Waals surface area contributed by atoms with E-state index in [0.29, 0.717) is 45.4 Å². The molecule has 0 saturated carbocycles. The van der Waals surface area contributed by atoms with Crippen LogP contribution in [0.25, 0.3) is 22.6 Å². The Kier molecular flexibility index (Phi) is 8.06. The molecule has 0 unspecified atom stereocenters. The molecule has 0 bridgehead atoms. The molecule has 5 aromatic heterocycles. The highest BCUT2D eigenvalue weighted by Gasteiger charge is 2.17. The maximum absolute atomic E-state index is 15.0. The molecule has 0 aliphatic rings. The van der Waals surface area contributed by atoms with Gasteiger partial charge in [0.05, 0.1) is 10.6 Å². The van der Waals surface area contributed by atoms with Gasteiger partial charge in [-0.2, -0.15) is 8.76 Å². The number of aliphatic imine (C=N–C) groups is 1. The molecule has 0 saturated heterocycles. The molecule has 1 amide bonds. The first kappa shape index (κ1) is 27.5. The summed E-state index contributed by atoms with van der Waals surface area (Å²) in [6.45, 7) is 3.59. The van der Waals surface area contributed by atoms with E-state index in [1.165, 1.54) is 29.9 Å². The molecule has 206 valence electrons. The van der Waals surface area contributed by atoms with Crippen molar-refractivity contribution in [2.75, 3.05) is 12.4 Å². The van der Waals surface area contributed by atoms with Crippen LogP contribution in [0.3, 0.4) is 0 Å². The van der Waals surface area contributed by atoms with Crippen LogP contribution in [-0.4, -0.2) is 48.5 Å². The molecule has 0 radical (unpaired) electrons. The summed E-state index contributed by atoms with van der Waals surface area (Å²) in [5, 5.41) is 5.76. The summed E-state index contributed by atoms with van der Waals surface area (Å²) in [6.07, 6.45) is 4.63. The third-order valence-electron chi connectivity index (χ3n) is 5.82. The third kappa shape index (κ3) is 6.58. The predicted octanol–water partition coefficient (Wildman–Crippen LogP) is 5.07. The van der Waals surface area contributed by atoms with E-state index in [9.17, 15) is 13.6 Å². The lowest BCUT2D eigenvalue weighted by Crippen LogP contribution is -2.25. The molecule has 0 spiro atoms. The van der Waals surface area contributed by atoms with E-state index >= 15 is 0 Å². The zero-order valence-electron chi connectivity index (χ0n) is 22.2. The summed E-state index contributed by atoms with van der Waals surface area (Å²) >= 11 is 1.29. The average Bonchev–Trinajstić information content (AvgIpc) is 3.38. The fourth-order valence-corrected chi connectivity index (χ4v) is 4.53. The van der Waals surface area contributed by atoms with Gasteiger partial charge in [-0.15, -0.1) is 0 Å². The number of hydrogen-bond donors (Lipinski definition) is 2. The molecule has 0 atom stereocenters. The highest BCUT2D eigenvalue weighted by Crippen LogP contribution is 2.23. The van der Waals surface area contributed by atoms with Crippen LogP contribution in [0.5, 0.6) is 0 Å². The fraction of sp³-hybridized carbons (Fsp3) is 0.143. The standard InChI is InChI=1S/C28H23F2N9OS/c1-15-8-24(37-25-10-19(14-31-3)41-39-25)38-27(35-15)18-9-21(29)26(33-13-18)28(40)34-12-17-4-6-22(32-11-17)20-5-7-23(30)36-16(20)2/h4-11,13-14H,12H2,1-3H3,(H,34,40)(H,35,37,38,39)/b31-14-. The van der Waals surface area contributed by atoms with Gasteiger partial charge in [0.2, 0.25) is 5.95 Å². The number of pyridine rings is 3. The van der Waals surface area contributed by atoms with E-state index < -0.39 is 17.7 Å². The number of nitrogens with zero attached hydrogens (tertiary/aromatic N) is 7. The highest BCUT2D eigenvalue weighted by molar-refractivity contribution is 7.08. The Labute approximate surface area is 237 Å². The summed E-state index contributed by atoms with van der Waals surface area (Å²) in [4.78, 5) is 38.6. The quantitative estimate of drug-likeness (QED) is 0.195. The molecule has 2 N–H and O–H groups in total. The minimum Gasteiger partial charge on any atom is -0.346 e. The lowest BCUT2D eigenvalue weighted by atomic mass is 10.1. The van der Waals surface area contributed by atoms with Crippen LogP contribution in [0.1, 0.15) is 32.3 Å². The number of amides is 1. The highest BCUT2D eigenvalue weighted by atomic mass is 32.1. The maximum Gasteiger partial charge on any atom is 0.273 e. The van der Waals surface area contributed by atoms with E-state index in [2.05, 4.69) is 44.9 Å². The summed E-state index contributed by atoms with van der Waals surface area (Å²) < 4.78 is 32.6.